The third-order valence-electron chi connectivity index (χ3n) is 2.27. The van der Waals surface area contributed by atoms with E-state index in [-0.39, 0.29) is 11.1 Å². The van der Waals surface area contributed by atoms with Crippen molar-refractivity contribution in [2.75, 3.05) is 5.43 Å². The van der Waals surface area contributed by atoms with Gasteiger partial charge < -0.3 is 5.43 Å². The molecule has 1 aromatic heterocycles. The standard InChI is InChI=1S/C10H7F4N3/c11-5-2-1-4-6(17-15)3-7(10(13)14)16-9(4)8(5)12/h1-3,10H,15H2,(H,16,17). The summed E-state index contributed by atoms with van der Waals surface area (Å²) in [5, 5.41) is 0.135. The number of aromatic nitrogens is 1. The average Bonchev–Trinajstić information content (AvgIpc) is 2.32. The van der Waals surface area contributed by atoms with Gasteiger partial charge >= 0.3 is 0 Å². The van der Waals surface area contributed by atoms with E-state index in [1.165, 1.54) is 6.07 Å². The van der Waals surface area contributed by atoms with E-state index in [9.17, 15) is 17.6 Å². The Kier molecular flexibility index (Phi) is 2.84. The molecule has 0 aliphatic rings. The summed E-state index contributed by atoms with van der Waals surface area (Å²) in [5.41, 5.74) is 1.06. The highest BCUT2D eigenvalue weighted by Crippen LogP contribution is 2.29. The van der Waals surface area contributed by atoms with Gasteiger partial charge in [0.1, 0.15) is 11.2 Å². The Balaban J connectivity index is 2.83. The van der Waals surface area contributed by atoms with Crippen molar-refractivity contribution in [3.05, 3.63) is 35.5 Å². The van der Waals surface area contributed by atoms with Gasteiger partial charge in [-0.25, -0.2) is 22.5 Å². The summed E-state index contributed by atoms with van der Waals surface area (Å²) >= 11 is 0. The van der Waals surface area contributed by atoms with Crippen molar-refractivity contribution in [3.8, 4) is 0 Å². The lowest BCUT2D eigenvalue weighted by molar-refractivity contribution is 0.146. The van der Waals surface area contributed by atoms with Crippen LogP contribution in [0.25, 0.3) is 10.9 Å². The van der Waals surface area contributed by atoms with E-state index in [4.69, 9.17) is 5.84 Å². The van der Waals surface area contributed by atoms with Crippen LogP contribution in [0.2, 0.25) is 0 Å². The van der Waals surface area contributed by atoms with Gasteiger partial charge in [-0.15, -0.1) is 0 Å². The molecule has 0 atom stereocenters. The lowest BCUT2D eigenvalue weighted by Crippen LogP contribution is -2.09. The number of nitrogens with two attached hydrogens (primary N) is 1. The Morgan fingerprint density at radius 3 is 2.53 bits per heavy atom. The average molecular weight is 245 g/mol. The Labute approximate surface area is 93.2 Å². The molecule has 0 spiro atoms. The third kappa shape index (κ3) is 1.89. The minimum absolute atomic E-state index is 0.0594. The number of rotatable bonds is 2. The van der Waals surface area contributed by atoms with E-state index in [0.717, 1.165) is 12.1 Å². The first-order valence-electron chi connectivity index (χ1n) is 4.58. The molecule has 3 N–H and O–H groups in total. The van der Waals surface area contributed by atoms with Crippen molar-refractivity contribution in [1.82, 2.24) is 4.98 Å². The molecule has 0 aliphatic carbocycles. The maximum absolute atomic E-state index is 13.4. The molecule has 0 unspecified atom stereocenters. The normalized spacial score (nSPS) is 11.2. The van der Waals surface area contributed by atoms with Gasteiger partial charge in [0.2, 0.25) is 0 Å². The number of fused-ring (bicyclic) bond motifs is 1. The molecule has 0 radical (unpaired) electrons. The summed E-state index contributed by atoms with van der Waals surface area (Å²) < 4.78 is 51.4. The fourth-order valence-corrected chi connectivity index (χ4v) is 1.48. The maximum Gasteiger partial charge on any atom is 0.280 e. The van der Waals surface area contributed by atoms with Crippen molar-refractivity contribution in [2.24, 2.45) is 5.84 Å². The number of halogens is 4. The van der Waals surface area contributed by atoms with Gasteiger partial charge in [0.05, 0.1) is 5.69 Å². The summed E-state index contributed by atoms with van der Waals surface area (Å²) in [6.07, 6.45) is -2.89. The first-order chi connectivity index (χ1) is 8.04. The molecule has 0 saturated heterocycles. The summed E-state index contributed by atoms with van der Waals surface area (Å²) in [4.78, 5) is 3.38. The van der Waals surface area contributed by atoms with Crippen molar-refractivity contribution in [3.63, 3.8) is 0 Å². The molecule has 2 rings (SSSR count). The van der Waals surface area contributed by atoms with Gasteiger partial charge in [0, 0.05) is 5.39 Å². The van der Waals surface area contributed by atoms with Crippen LogP contribution in [-0.2, 0) is 0 Å². The van der Waals surface area contributed by atoms with Crippen LogP contribution in [-0.4, -0.2) is 4.98 Å². The quantitative estimate of drug-likeness (QED) is 0.486. The van der Waals surface area contributed by atoms with Gasteiger partial charge in [0.25, 0.3) is 6.43 Å². The Bertz CT molecular complexity index is 571. The molecular formula is C10H7F4N3. The first kappa shape index (κ1) is 11.6. The van der Waals surface area contributed by atoms with Crippen molar-refractivity contribution in [1.29, 1.82) is 0 Å². The third-order valence-corrected chi connectivity index (χ3v) is 2.27. The number of hydrazine groups is 1. The van der Waals surface area contributed by atoms with Crippen molar-refractivity contribution >= 4 is 16.6 Å². The molecule has 0 amide bonds. The largest absolute Gasteiger partial charge is 0.323 e. The Hall–Kier alpha value is -1.89. The van der Waals surface area contributed by atoms with Crippen molar-refractivity contribution < 1.29 is 17.6 Å². The number of nitrogens with zero attached hydrogens (tertiary/aromatic N) is 1. The predicted octanol–water partition coefficient (Wildman–Crippen LogP) is 2.74. The van der Waals surface area contributed by atoms with Crippen LogP contribution >= 0.6 is 0 Å². The minimum Gasteiger partial charge on any atom is -0.323 e. The molecule has 0 aliphatic heterocycles. The van der Waals surface area contributed by atoms with Gasteiger partial charge in [-0.3, -0.25) is 5.84 Å². The molecule has 90 valence electrons. The highest BCUT2D eigenvalue weighted by molar-refractivity contribution is 5.91. The van der Waals surface area contributed by atoms with Crippen LogP contribution in [0.3, 0.4) is 0 Å². The number of benzene rings is 1. The smallest absolute Gasteiger partial charge is 0.280 e. The predicted molar refractivity (Wildman–Crippen MR) is 54.4 cm³/mol. The molecular weight excluding hydrogens is 238 g/mol. The summed E-state index contributed by atoms with van der Waals surface area (Å²) in [7, 11) is 0. The van der Waals surface area contributed by atoms with Crippen LogP contribution in [0, 0.1) is 11.6 Å². The number of pyridine rings is 1. The molecule has 2 aromatic rings. The van der Waals surface area contributed by atoms with Crippen LogP contribution in [0.5, 0.6) is 0 Å². The molecule has 1 aromatic carbocycles. The zero-order valence-corrected chi connectivity index (χ0v) is 8.35. The minimum atomic E-state index is -2.89. The van der Waals surface area contributed by atoms with E-state index >= 15 is 0 Å². The SMILES string of the molecule is NNc1cc(C(F)F)nc2c(F)c(F)ccc12. The summed E-state index contributed by atoms with van der Waals surface area (Å²) in [6.45, 7) is 0. The zero-order valence-electron chi connectivity index (χ0n) is 8.35. The van der Waals surface area contributed by atoms with Gasteiger partial charge in [-0.2, -0.15) is 0 Å². The van der Waals surface area contributed by atoms with E-state index in [1.54, 1.807) is 0 Å². The topological polar surface area (TPSA) is 50.9 Å². The second-order valence-corrected chi connectivity index (χ2v) is 3.30. The number of hydrogen-bond acceptors (Lipinski definition) is 3. The maximum atomic E-state index is 13.4. The fourth-order valence-electron chi connectivity index (χ4n) is 1.48. The number of nitrogens with one attached hydrogen (secondary N) is 1. The molecule has 0 saturated carbocycles. The molecule has 0 bridgehead atoms. The Morgan fingerprint density at radius 2 is 1.94 bits per heavy atom. The molecule has 1 heterocycles. The van der Waals surface area contributed by atoms with E-state index in [1.807, 2.05) is 0 Å². The summed E-state index contributed by atoms with van der Waals surface area (Å²) in [6, 6.07) is 3.08. The summed E-state index contributed by atoms with van der Waals surface area (Å²) in [5.74, 6) is 2.70. The van der Waals surface area contributed by atoms with Crippen LogP contribution in [0.15, 0.2) is 18.2 Å². The molecule has 3 nitrogen and oxygen atoms in total. The van der Waals surface area contributed by atoms with E-state index in [2.05, 4.69) is 10.4 Å². The van der Waals surface area contributed by atoms with Gasteiger partial charge in [-0.1, -0.05) is 0 Å². The highest BCUT2D eigenvalue weighted by Gasteiger charge is 2.17. The van der Waals surface area contributed by atoms with Crippen LogP contribution in [0.4, 0.5) is 23.2 Å². The monoisotopic (exact) mass is 245 g/mol. The van der Waals surface area contributed by atoms with Gasteiger partial charge in [0.15, 0.2) is 11.6 Å². The number of hydrogen-bond donors (Lipinski definition) is 2. The molecule has 0 fully saturated rings. The number of alkyl halides is 2. The second-order valence-electron chi connectivity index (χ2n) is 3.30. The van der Waals surface area contributed by atoms with Crippen LogP contribution in [0.1, 0.15) is 12.1 Å². The highest BCUT2D eigenvalue weighted by atomic mass is 19.3. The van der Waals surface area contributed by atoms with E-state index in [0.29, 0.717) is 0 Å². The lowest BCUT2D eigenvalue weighted by Gasteiger charge is -2.09. The van der Waals surface area contributed by atoms with Crippen molar-refractivity contribution in [2.45, 2.75) is 6.43 Å². The van der Waals surface area contributed by atoms with Gasteiger partial charge in [-0.05, 0) is 18.2 Å². The molecule has 17 heavy (non-hydrogen) atoms. The Morgan fingerprint density at radius 1 is 1.24 bits per heavy atom. The number of anilines is 1. The lowest BCUT2D eigenvalue weighted by atomic mass is 10.1. The fraction of sp³-hybridized carbons (Fsp3) is 0.100. The first-order valence-corrected chi connectivity index (χ1v) is 4.58. The molecule has 7 heteroatoms. The zero-order chi connectivity index (χ0) is 12.6. The van der Waals surface area contributed by atoms with E-state index < -0.39 is 29.3 Å². The van der Waals surface area contributed by atoms with Crippen LogP contribution < -0.4 is 11.3 Å². The number of nitrogen functional groups attached to an aromatic ring is 1. The second kappa shape index (κ2) is 4.17.